The molecule has 0 aliphatic carbocycles. The van der Waals surface area contributed by atoms with Gasteiger partial charge in [-0.1, -0.05) is 127 Å². The fourth-order valence-corrected chi connectivity index (χ4v) is 9.70. The number of para-hydroxylation sites is 7. The lowest BCUT2D eigenvalue weighted by Crippen LogP contribution is -2.56. The van der Waals surface area contributed by atoms with E-state index in [-0.39, 0.29) is 6.85 Å². The molecule has 0 saturated heterocycles. The average molecular weight is 753 g/mol. The first-order chi connectivity index (χ1) is 29.3. The van der Waals surface area contributed by atoms with E-state index in [1.54, 1.807) is 0 Å². The zero-order chi connectivity index (χ0) is 38.9. The third-order valence-corrected chi connectivity index (χ3v) is 12.1. The summed E-state index contributed by atoms with van der Waals surface area (Å²) in [5, 5.41) is 2.55. The van der Waals surface area contributed by atoms with Crippen molar-refractivity contribution < 1.29 is 0 Å². The van der Waals surface area contributed by atoms with Crippen molar-refractivity contribution in [3.8, 4) is 11.1 Å². The molecule has 0 spiro atoms. The Hall–Kier alpha value is -7.76. The van der Waals surface area contributed by atoms with Crippen LogP contribution in [-0.4, -0.2) is 11.3 Å². The van der Waals surface area contributed by atoms with Crippen molar-refractivity contribution in [3.63, 3.8) is 0 Å². The van der Waals surface area contributed by atoms with Gasteiger partial charge in [-0.3, -0.25) is 0 Å². The summed E-state index contributed by atoms with van der Waals surface area (Å²) < 4.78 is 2.64. The lowest BCUT2D eigenvalue weighted by atomic mass is 9.45. The van der Waals surface area contributed by atoms with Crippen molar-refractivity contribution in [2.24, 2.45) is 0 Å². The van der Waals surface area contributed by atoms with E-state index in [0.717, 1.165) is 45.5 Å². The largest absolute Gasteiger partial charge is 0.375 e. The van der Waals surface area contributed by atoms with Gasteiger partial charge < -0.3 is 19.2 Å². The standard InChI is InChI=1S/C54H37BN4/c1-6-19-38(20-7-1)56(39-21-8-2-9-22-39)43-33-34-51-49(36-43)55-53-48(47-31-18-30-46-45-29-16-17-32-50(45)59(55)54(46)47)35-44(37-52(53)58(51)42-27-14-5-15-28-42)57(40-23-10-3-11-24-40)41-25-12-4-13-26-41/h1-37H. The van der Waals surface area contributed by atoms with Crippen molar-refractivity contribution in [1.82, 2.24) is 4.48 Å². The molecule has 10 aromatic rings. The van der Waals surface area contributed by atoms with Gasteiger partial charge in [-0.25, -0.2) is 0 Å². The number of aromatic nitrogens is 1. The molecule has 0 amide bonds. The highest BCUT2D eigenvalue weighted by Gasteiger charge is 2.43. The number of hydrogen-bond donors (Lipinski definition) is 0. The highest BCUT2D eigenvalue weighted by atomic mass is 15.2. The summed E-state index contributed by atoms with van der Waals surface area (Å²) in [5.41, 5.74) is 17.7. The molecule has 276 valence electrons. The summed E-state index contributed by atoms with van der Waals surface area (Å²) >= 11 is 0. The van der Waals surface area contributed by atoms with Crippen molar-refractivity contribution in [1.29, 1.82) is 0 Å². The monoisotopic (exact) mass is 752 g/mol. The number of anilines is 9. The zero-order valence-electron chi connectivity index (χ0n) is 32.2. The Bertz CT molecular complexity index is 3090. The van der Waals surface area contributed by atoms with Crippen LogP contribution in [0.4, 0.5) is 51.2 Å². The third kappa shape index (κ3) is 5.18. The predicted octanol–water partition coefficient (Wildman–Crippen LogP) is 13.2. The molecule has 59 heavy (non-hydrogen) atoms. The van der Waals surface area contributed by atoms with Gasteiger partial charge in [0.05, 0.1) is 0 Å². The van der Waals surface area contributed by atoms with E-state index < -0.39 is 0 Å². The van der Waals surface area contributed by atoms with E-state index >= 15 is 0 Å². The quantitative estimate of drug-likeness (QED) is 0.151. The minimum absolute atomic E-state index is 0.100. The fraction of sp³-hybridized carbons (Fsp3) is 0. The second kappa shape index (κ2) is 13.4. The van der Waals surface area contributed by atoms with Crippen LogP contribution in [0.5, 0.6) is 0 Å². The van der Waals surface area contributed by atoms with Gasteiger partial charge >= 0.3 is 6.85 Å². The fourth-order valence-electron chi connectivity index (χ4n) is 9.70. The molecule has 0 saturated carbocycles. The maximum absolute atomic E-state index is 2.64. The molecule has 0 unspecified atom stereocenters. The van der Waals surface area contributed by atoms with E-state index in [2.05, 4.69) is 244 Å². The average Bonchev–Trinajstić information content (AvgIpc) is 3.64. The van der Waals surface area contributed by atoms with Gasteiger partial charge in [-0.15, -0.1) is 0 Å². The van der Waals surface area contributed by atoms with Gasteiger partial charge in [-0.2, -0.15) is 0 Å². The van der Waals surface area contributed by atoms with E-state index in [9.17, 15) is 0 Å². The zero-order valence-corrected chi connectivity index (χ0v) is 32.2. The smallest absolute Gasteiger partial charge is 0.333 e. The molecule has 0 fully saturated rings. The molecule has 4 nitrogen and oxygen atoms in total. The summed E-state index contributed by atoms with van der Waals surface area (Å²) in [4.78, 5) is 7.28. The molecular formula is C54H37BN4. The van der Waals surface area contributed by atoms with Crippen molar-refractivity contribution in [3.05, 3.63) is 224 Å². The van der Waals surface area contributed by atoms with Crippen LogP contribution >= 0.6 is 0 Å². The van der Waals surface area contributed by atoms with E-state index in [0.29, 0.717) is 0 Å². The van der Waals surface area contributed by atoms with Gasteiger partial charge in [0.1, 0.15) is 0 Å². The molecule has 0 radical (unpaired) electrons. The van der Waals surface area contributed by atoms with Gasteiger partial charge in [0, 0.05) is 78.6 Å². The van der Waals surface area contributed by atoms with E-state index in [1.807, 2.05) is 0 Å². The van der Waals surface area contributed by atoms with E-state index in [1.165, 1.54) is 49.5 Å². The summed E-state index contributed by atoms with van der Waals surface area (Å²) in [6.07, 6.45) is 0. The lowest BCUT2D eigenvalue weighted by Gasteiger charge is -2.42. The highest BCUT2D eigenvalue weighted by molar-refractivity contribution is 6.90. The Kier molecular flexibility index (Phi) is 7.60. The molecule has 1 aromatic heterocycles. The SMILES string of the molecule is c1ccc(N(c2ccccc2)c2ccc3c(c2)B2c4c(cc(N(c5ccccc5)c5ccccc5)cc4N3c3ccccc3)-c3cccc4c5ccccc5n2c34)cc1. The molecule has 0 N–H and O–H groups in total. The number of nitrogens with zero attached hydrogens (tertiary/aromatic N) is 4. The first-order valence-electron chi connectivity index (χ1n) is 20.3. The second-order valence-electron chi connectivity index (χ2n) is 15.3. The Morgan fingerprint density at radius 3 is 1.49 bits per heavy atom. The number of benzene rings is 9. The van der Waals surface area contributed by atoms with Gasteiger partial charge in [-0.05, 0) is 114 Å². The molecule has 12 rings (SSSR count). The summed E-state index contributed by atoms with van der Waals surface area (Å²) in [6, 6.07) is 81.6. The number of fused-ring (bicyclic) bond motifs is 7. The normalized spacial score (nSPS) is 12.3. The first kappa shape index (κ1) is 33.4. The van der Waals surface area contributed by atoms with Gasteiger partial charge in [0.15, 0.2) is 0 Å². The summed E-state index contributed by atoms with van der Waals surface area (Å²) in [6.45, 7) is -0.100. The van der Waals surface area contributed by atoms with Crippen molar-refractivity contribution in [2.75, 3.05) is 14.7 Å². The van der Waals surface area contributed by atoms with Crippen LogP contribution in [0, 0.1) is 0 Å². The first-order valence-corrected chi connectivity index (χ1v) is 20.3. The Labute approximate surface area is 344 Å². The maximum atomic E-state index is 2.64. The highest BCUT2D eigenvalue weighted by Crippen LogP contribution is 2.49. The van der Waals surface area contributed by atoms with Crippen molar-refractivity contribution in [2.45, 2.75) is 0 Å². The number of rotatable bonds is 7. The molecule has 2 aliphatic rings. The van der Waals surface area contributed by atoms with Crippen LogP contribution in [0.15, 0.2) is 224 Å². The van der Waals surface area contributed by atoms with Gasteiger partial charge in [0.2, 0.25) is 0 Å². The third-order valence-electron chi connectivity index (χ3n) is 12.1. The van der Waals surface area contributed by atoms with E-state index in [4.69, 9.17) is 0 Å². The molecular weight excluding hydrogens is 715 g/mol. The maximum Gasteiger partial charge on any atom is 0.333 e. The second-order valence-corrected chi connectivity index (χ2v) is 15.3. The Balaban J connectivity index is 1.20. The molecule has 9 aromatic carbocycles. The lowest BCUT2D eigenvalue weighted by molar-refractivity contribution is 1.23. The van der Waals surface area contributed by atoms with Gasteiger partial charge in [0.25, 0.3) is 0 Å². The minimum atomic E-state index is -0.100. The molecule has 0 atom stereocenters. The summed E-state index contributed by atoms with van der Waals surface area (Å²) in [7, 11) is 0. The molecule has 5 heteroatoms. The molecule has 2 aliphatic heterocycles. The van der Waals surface area contributed by atoms with Crippen LogP contribution < -0.4 is 25.6 Å². The molecule has 0 bridgehead atoms. The van der Waals surface area contributed by atoms with Crippen LogP contribution in [0.2, 0.25) is 0 Å². The van der Waals surface area contributed by atoms with Crippen molar-refractivity contribution >= 4 is 90.8 Å². The predicted molar refractivity (Wildman–Crippen MR) is 249 cm³/mol. The number of hydrogen-bond acceptors (Lipinski definition) is 3. The topological polar surface area (TPSA) is 14.7 Å². The van der Waals surface area contributed by atoms with Crippen LogP contribution in [-0.2, 0) is 0 Å². The molecule has 3 heterocycles. The van der Waals surface area contributed by atoms with Crippen LogP contribution in [0.25, 0.3) is 32.9 Å². The Morgan fingerprint density at radius 2 is 0.881 bits per heavy atom. The Morgan fingerprint density at radius 1 is 0.356 bits per heavy atom. The minimum Gasteiger partial charge on any atom is -0.375 e. The summed E-state index contributed by atoms with van der Waals surface area (Å²) in [5.74, 6) is 0. The van der Waals surface area contributed by atoms with Crippen LogP contribution in [0.1, 0.15) is 0 Å². The van der Waals surface area contributed by atoms with Crippen LogP contribution in [0.3, 0.4) is 0 Å².